The minimum absolute atomic E-state index is 0.123. The van der Waals surface area contributed by atoms with Gasteiger partial charge in [0.2, 0.25) is 0 Å². The maximum Gasteiger partial charge on any atom is 0.251 e. The third-order valence-corrected chi connectivity index (χ3v) is 7.60. The molecule has 186 valence electrons. The van der Waals surface area contributed by atoms with E-state index < -0.39 is 0 Å². The fourth-order valence-corrected chi connectivity index (χ4v) is 5.83. The van der Waals surface area contributed by atoms with Crippen LogP contribution in [0.5, 0.6) is 0 Å². The zero-order chi connectivity index (χ0) is 25.4. The summed E-state index contributed by atoms with van der Waals surface area (Å²) in [6.45, 7) is 2.26. The lowest BCUT2D eigenvalue weighted by Crippen LogP contribution is -2.32. The van der Waals surface area contributed by atoms with Crippen molar-refractivity contribution in [2.45, 2.75) is 32.2 Å². The number of benzene rings is 1. The van der Waals surface area contributed by atoms with Crippen LogP contribution in [0.1, 0.15) is 48.3 Å². The quantitative estimate of drug-likeness (QED) is 0.466. The molecule has 0 fully saturated rings. The number of rotatable bonds is 6. The van der Waals surface area contributed by atoms with Gasteiger partial charge in [0.15, 0.2) is 0 Å². The van der Waals surface area contributed by atoms with Gasteiger partial charge in [-0.2, -0.15) is 0 Å². The Kier molecular flexibility index (Phi) is 6.04. The molecule has 6 nitrogen and oxygen atoms in total. The molecule has 0 spiro atoms. The lowest BCUT2D eigenvalue weighted by Gasteiger charge is -2.31. The maximum absolute atomic E-state index is 13.5. The Balaban J connectivity index is 1.27. The minimum Gasteiger partial charge on any atom is -0.344 e. The summed E-state index contributed by atoms with van der Waals surface area (Å²) in [5.41, 5.74) is 10.9. The first-order valence-corrected chi connectivity index (χ1v) is 12.7. The first kappa shape index (κ1) is 23.2. The van der Waals surface area contributed by atoms with E-state index in [9.17, 15) is 9.18 Å². The standard InChI is InChI=1S/C30H28FN5O/c1-19-25-18-34-36(24-9-7-23(31)8-10-24)28(25)17-22-6-5-21(29(19)22)16-27(26-4-2-3-13-33-26)35-30(37)20-11-14-32-15-12-20/h2-4,7-15,17-19,21,27,34H,5-6,16H2,1H3,(H,35,37)/t19-,21+,27?/m0/s1. The molecule has 1 unspecified atom stereocenters. The van der Waals surface area contributed by atoms with Crippen molar-refractivity contribution < 1.29 is 9.18 Å². The Bertz CT molecular complexity index is 1400. The van der Waals surface area contributed by atoms with Crippen molar-refractivity contribution in [3.63, 3.8) is 0 Å². The number of nitrogens with one attached hydrogen (secondary N) is 2. The van der Waals surface area contributed by atoms with Crippen molar-refractivity contribution in [1.29, 1.82) is 0 Å². The summed E-state index contributed by atoms with van der Waals surface area (Å²) in [4.78, 5) is 21.7. The van der Waals surface area contributed by atoms with Crippen LogP contribution in [0.2, 0.25) is 0 Å². The molecule has 0 saturated carbocycles. The van der Waals surface area contributed by atoms with Crippen molar-refractivity contribution in [2.24, 2.45) is 11.8 Å². The molecule has 7 heteroatoms. The predicted octanol–water partition coefficient (Wildman–Crippen LogP) is 5.63. The molecule has 0 saturated heterocycles. The van der Waals surface area contributed by atoms with Gasteiger partial charge in [0.1, 0.15) is 5.82 Å². The van der Waals surface area contributed by atoms with E-state index in [1.165, 1.54) is 28.9 Å². The van der Waals surface area contributed by atoms with E-state index in [4.69, 9.17) is 0 Å². The van der Waals surface area contributed by atoms with Crippen LogP contribution < -0.4 is 15.8 Å². The molecule has 1 amide bonds. The molecule has 3 aromatic rings. The van der Waals surface area contributed by atoms with Gasteiger partial charge in [0, 0.05) is 41.8 Å². The Hall–Kier alpha value is -4.26. The van der Waals surface area contributed by atoms with Crippen molar-refractivity contribution >= 4 is 11.6 Å². The Morgan fingerprint density at radius 1 is 1.14 bits per heavy atom. The predicted molar refractivity (Wildman–Crippen MR) is 140 cm³/mol. The highest BCUT2D eigenvalue weighted by molar-refractivity contribution is 5.94. The number of allylic oxidation sites excluding steroid dienone is 4. The van der Waals surface area contributed by atoms with Gasteiger partial charge in [-0.15, -0.1) is 0 Å². The molecule has 37 heavy (non-hydrogen) atoms. The van der Waals surface area contributed by atoms with E-state index in [1.54, 1.807) is 42.9 Å². The molecule has 2 N–H and O–H groups in total. The average molecular weight is 494 g/mol. The van der Waals surface area contributed by atoms with Crippen LogP contribution in [0.15, 0.2) is 108 Å². The van der Waals surface area contributed by atoms with E-state index >= 15 is 0 Å². The topological polar surface area (TPSA) is 70.2 Å². The molecule has 0 radical (unpaired) electrons. The highest BCUT2D eigenvalue weighted by Gasteiger charge is 2.39. The summed E-state index contributed by atoms with van der Waals surface area (Å²) in [7, 11) is 0. The number of carbonyl (C=O) groups is 1. The van der Waals surface area contributed by atoms with Gasteiger partial charge in [-0.1, -0.05) is 18.6 Å². The molecular weight excluding hydrogens is 465 g/mol. The number of hydrazine groups is 1. The van der Waals surface area contributed by atoms with E-state index in [0.717, 1.165) is 36.3 Å². The molecule has 3 atom stereocenters. The van der Waals surface area contributed by atoms with Crippen LogP contribution in [0.25, 0.3) is 0 Å². The number of fused-ring (bicyclic) bond motifs is 1. The summed E-state index contributed by atoms with van der Waals surface area (Å²) in [5.74, 6) is 0.194. The SMILES string of the molecule is C[C@H]1C2=CNN(c3ccc(F)cc3)C2=CC2=C1[C@@H](CC(NC(=O)c1ccncc1)c1ccccn1)CC2. The normalized spacial score (nSPS) is 21.0. The highest BCUT2D eigenvalue weighted by atomic mass is 19.1. The smallest absolute Gasteiger partial charge is 0.251 e. The fourth-order valence-electron chi connectivity index (χ4n) is 5.83. The van der Waals surface area contributed by atoms with Gasteiger partial charge < -0.3 is 10.7 Å². The van der Waals surface area contributed by atoms with Crippen molar-refractivity contribution in [2.75, 3.05) is 5.01 Å². The van der Waals surface area contributed by atoms with Gasteiger partial charge in [0.05, 0.1) is 23.1 Å². The number of halogens is 1. The molecule has 3 heterocycles. The van der Waals surface area contributed by atoms with Crippen LogP contribution in [0.4, 0.5) is 10.1 Å². The third-order valence-electron chi connectivity index (χ3n) is 7.60. The summed E-state index contributed by atoms with van der Waals surface area (Å²) < 4.78 is 13.5. The zero-order valence-electron chi connectivity index (χ0n) is 20.6. The van der Waals surface area contributed by atoms with Gasteiger partial charge in [-0.25, -0.2) is 4.39 Å². The summed E-state index contributed by atoms with van der Waals surface area (Å²) in [5, 5.41) is 5.26. The van der Waals surface area contributed by atoms with Crippen LogP contribution in [-0.2, 0) is 0 Å². The molecule has 6 rings (SSSR count). The summed E-state index contributed by atoms with van der Waals surface area (Å²) in [6, 6.07) is 15.6. The number of nitrogens with zero attached hydrogens (tertiary/aromatic N) is 3. The average Bonchev–Trinajstić information content (AvgIpc) is 3.55. The van der Waals surface area contributed by atoms with Crippen molar-refractivity contribution in [1.82, 2.24) is 20.7 Å². The van der Waals surface area contributed by atoms with E-state index in [0.29, 0.717) is 11.5 Å². The second-order valence-electron chi connectivity index (χ2n) is 9.76. The first-order chi connectivity index (χ1) is 18.1. The fraction of sp³-hybridized carbons (Fsp3) is 0.233. The molecule has 0 bridgehead atoms. The number of anilines is 1. The molecule has 1 aliphatic heterocycles. The van der Waals surface area contributed by atoms with E-state index in [-0.39, 0.29) is 23.7 Å². The van der Waals surface area contributed by atoms with Gasteiger partial charge in [0.25, 0.3) is 5.91 Å². The van der Waals surface area contributed by atoms with Gasteiger partial charge in [-0.05, 0) is 85.4 Å². The largest absolute Gasteiger partial charge is 0.344 e. The van der Waals surface area contributed by atoms with Crippen molar-refractivity contribution in [3.8, 4) is 0 Å². The number of aromatic nitrogens is 2. The Morgan fingerprint density at radius 3 is 2.70 bits per heavy atom. The summed E-state index contributed by atoms with van der Waals surface area (Å²) in [6.07, 6.45) is 12.2. The monoisotopic (exact) mass is 493 g/mol. The second kappa shape index (κ2) is 9.65. The van der Waals surface area contributed by atoms with Crippen LogP contribution in [-0.4, -0.2) is 15.9 Å². The number of hydrogen-bond donors (Lipinski definition) is 2. The Labute approximate surface area is 215 Å². The van der Waals surface area contributed by atoms with Crippen LogP contribution >= 0.6 is 0 Å². The van der Waals surface area contributed by atoms with Crippen molar-refractivity contribution in [3.05, 3.63) is 125 Å². The minimum atomic E-state index is -0.246. The Morgan fingerprint density at radius 2 is 1.95 bits per heavy atom. The number of pyridine rings is 2. The van der Waals surface area contributed by atoms with Gasteiger partial charge >= 0.3 is 0 Å². The molecule has 2 aromatic heterocycles. The molecule has 1 aromatic carbocycles. The lowest BCUT2D eigenvalue weighted by atomic mass is 9.78. The lowest BCUT2D eigenvalue weighted by molar-refractivity contribution is 0.0930. The van der Waals surface area contributed by atoms with Crippen LogP contribution in [0.3, 0.4) is 0 Å². The third kappa shape index (κ3) is 4.42. The first-order valence-electron chi connectivity index (χ1n) is 12.7. The van der Waals surface area contributed by atoms with Crippen LogP contribution in [0, 0.1) is 17.7 Å². The number of hydrogen-bond acceptors (Lipinski definition) is 5. The highest BCUT2D eigenvalue weighted by Crippen LogP contribution is 2.49. The zero-order valence-corrected chi connectivity index (χ0v) is 20.6. The summed E-state index contributed by atoms with van der Waals surface area (Å²) >= 11 is 0. The number of carbonyl (C=O) groups excluding carboxylic acids is 1. The molecular formula is C30H28FN5O. The van der Waals surface area contributed by atoms with E-state index in [1.807, 2.05) is 23.2 Å². The maximum atomic E-state index is 13.5. The van der Waals surface area contributed by atoms with Gasteiger partial charge in [-0.3, -0.25) is 19.8 Å². The molecule has 3 aliphatic rings. The van der Waals surface area contributed by atoms with E-state index in [2.05, 4.69) is 39.9 Å². The number of amides is 1. The second-order valence-corrected chi connectivity index (χ2v) is 9.76. The molecule has 2 aliphatic carbocycles.